The fourth-order valence-electron chi connectivity index (χ4n) is 0.681. The van der Waals surface area contributed by atoms with Crippen LogP contribution in [0.5, 0.6) is 0 Å². The van der Waals surface area contributed by atoms with Gasteiger partial charge in [0.15, 0.2) is 0 Å². The van der Waals surface area contributed by atoms with Gasteiger partial charge in [0.1, 0.15) is 5.82 Å². The quantitative estimate of drug-likeness (QED) is 0.675. The van der Waals surface area contributed by atoms with Crippen LogP contribution < -0.4 is 0 Å². The van der Waals surface area contributed by atoms with E-state index >= 15 is 0 Å². The molecule has 0 spiro atoms. The highest BCUT2D eigenvalue weighted by molar-refractivity contribution is 5.38. The van der Waals surface area contributed by atoms with Crippen molar-refractivity contribution in [1.82, 2.24) is 9.97 Å². The molecule has 1 rings (SSSR count). The van der Waals surface area contributed by atoms with Gasteiger partial charge >= 0.3 is 0 Å². The lowest BCUT2D eigenvalue weighted by Gasteiger charge is -1.82. The molecule has 53 valence electrons. The summed E-state index contributed by atoms with van der Waals surface area (Å²) in [5.74, 6) is 0.911. The number of H-pyrrole nitrogens is 1. The summed E-state index contributed by atoms with van der Waals surface area (Å²) < 4.78 is 0. The van der Waals surface area contributed by atoms with Gasteiger partial charge in [0, 0.05) is 12.4 Å². The summed E-state index contributed by atoms with van der Waals surface area (Å²) in [7, 11) is 0. The van der Waals surface area contributed by atoms with Crippen LogP contribution >= 0.6 is 0 Å². The fraction of sp³-hybridized carbons (Fsp3) is 0.250. The van der Waals surface area contributed by atoms with Crippen LogP contribution in [0.3, 0.4) is 0 Å². The standard InChI is InChI=1S/C8H11N2/c1-2-3-4-5-8-9-6-7-10-8/h4-7H,1-3H2,(H,9,10). The lowest BCUT2D eigenvalue weighted by Crippen LogP contribution is -1.71. The van der Waals surface area contributed by atoms with E-state index in [1.165, 1.54) is 0 Å². The summed E-state index contributed by atoms with van der Waals surface area (Å²) in [6.45, 7) is 3.72. The number of unbranched alkanes of at least 4 members (excludes halogenated alkanes) is 1. The predicted molar refractivity (Wildman–Crippen MR) is 42.2 cm³/mol. The molecular weight excluding hydrogens is 124 g/mol. The van der Waals surface area contributed by atoms with Gasteiger partial charge in [-0.3, -0.25) is 0 Å². The predicted octanol–water partition coefficient (Wildman–Crippen LogP) is 2.04. The molecule has 0 amide bonds. The highest BCUT2D eigenvalue weighted by atomic mass is 14.9. The van der Waals surface area contributed by atoms with Gasteiger partial charge in [-0.25, -0.2) is 4.98 Å². The van der Waals surface area contributed by atoms with E-state index in [1.807, 2.05) is 12.3 Å². The number of hydrogen-bond donors (Lipinski definition) is 1. The van der Waals surface area contributed by atoms with Crippen molar-refractivity contribution < 1.29 is 0 Å². The zero-order valence-corrected chi connectivity index (χ0v) is 5.88. The molecule has 0 fully saturated rings. The molecule has 1 N–H and O–H groups in total. The number of nitrogens with one attached hydrogen (secondary N) is 1. The maximum atomic E-state index is 4.03. The highest BCUT2D eigenvalue weighted by Crippen LogP contribution is 1.95. The molecule has 10 heavy (non-hydrogen) atoms. The van der Waals surface area contributed by atoms with Gasteiger partial charge in [-0.1, -0.05) is 13.0 Å². The third kappa shape index (κ3) is 2.05. The molecule has 0 atom stereocenters. The molecule has 0 saturated carbocycles. The molecule has 1 heterocycles. The Morgan fingerprint density at radius 3 is 3.20 bits per heavy atom. The molecule has 2 heteroatoms. The molecule has 0 saturated heterocycles. The average molecular weight is 135 g/mol. The summed E-state index contributed by atoms with van der Waals surface area (Å²) >= 11 is 0. The zero-order chi connectivity index (χ0) is 7.23. The van der Waals surface area contributed by atoms with Crippen LogP contribution in [0.1, 0.15) is 18.7 Å². The van der Waals surface area contributed by atoms with E-state index in [2.05, 4.69) is 23.0 Å². The van der Waals surface area contributed by atoms with Crippen LogP contribution in [-0.4, -0.2) is 9.97 Å². The van der Waals surface area contributed by atoms with Crippen molar-refractivity contribution in [1.29, 1.82) is 0 Å². The Kier molecular flexibility index (Phi) is 2.74. The van der Waals surface area contributed by atoms with Gasteiger partial charge in [-0.05, 0) is 18.9 Å². The van der Waals surface area contributed by atoms with E-state index in [-0.39, 0.29) is 0 Å². The smallest absolute Gasteiger partial charge is 0.129 e. The molecule has 1 radical (unpaired) electrons. The first-order chi connectivity index (χ1) is 4.93. The summed E-state index contributed by atoms with van der Waals surface area (Å²) in [6, 6.07) is 0. The Hall–Kier alpha value is -1.05. The van der Waals surface area contributed by atoms with Crippen molar-refractivity contribution in [2.24, 2.45) is 0 Å². The number of aromatic amines is 1. The molecule has 0 aliphatic rings. The maximum Gasteiger partial charge on any atom is 0.129 e. The minimum absolute atomic E-state index is 0.911. The molecular formula is C8H11N2. The number of imidazole rings is 1. The van der Waals surface area contributed by atoms with Crippen LogP contribution in [0.2, 0.25) is 0 Å². The first-order valence-electron chi connectivity index (χ1n) is 3.38. The minimum atomic E-state index is 0.911. The van der Waals surface area contributed by atoms with Crippen molar-refractivity contribution in [2.45, 2.75) is 12.8 Å². The van der Waals surface area contributed by atoms with Crippen molar-refractivity contribution in [3.63, 3.8) is 0 Å². The average Bonchev–Trinajstić information content (AvgIpc) is 2.41. The van der Waals surface area contributed by atoms with Gasteiger partial charge in [0.2, 0.25) is 0 Å². The van der Waals surface area contributed by atoms with E-state index in [0.717, 1.165) is 18.7 Å². The van der Waals surface area contributed by atoms with Crippen LogP contribution in [0.15, 0.2) is 18.5 Å². The molecule has 2 nitrogen and oxygen atoms in total. The molecule has 0 unspecified atom stereocenters. The number of rotatable bonds is 3. The van der Waals surface area contributed by atoms with Gasteiger partial charge < -0.3 is 4.98 Å². The molecule has 1 aromatic heterocycles. The second-order valence-electron chi connectivity index (χ2n) is 2.02. The lowest BCUT2D eigenvalue weighted by molar-refractivity contribution is 1.05. The number of nitrogens with zero attached hydrogens (tertiary/aromatic N) is 1. The van der Waals surface area contributed by atoms with E-state index in [9.17, 15) is 0 Å². The number of aromatic nitrogens is 2. The van der Waals surface area contributed by atoms with Crippen LogP contribution in [-0.2, 0) is 0 Å². The normalized spacial score (nSPS) is 10.9. The summed E-state index contributed by atoms with van der Waals surface area (Å²) in [4.78, 5) is 7.00. The van der Waals surface area contributed by atoms with Crippen LogP contribution in [0.4, 0.5) is 0 Å². The summed E-state index contributed by atoms with van der Waals surface area (Å²) in [5, 5.41) is 0. The van der Waals surface area contributed by atoms with Gasteiger partial charge in [0.25, 0.3) is 0 Å². The van der Waals surface area contributed by atoms with Gasteiger partial charge in [0.05, 0.1) is 0 Å². The summed E-state index contributed by atoms with van der Waals surface area (Å²) in [5.41, 5.74) is 0. The molecule has 0 aliphatic heterocycles. The van der Waals surface area contributed by atoms with Gasteiger partial charge in [-0.2, -0.15) is 0 Å². The second kappa shape index (κ2) is 3.88. The van der Waals surface area contributed by atoms with Gasteiger partial charge in [-0.15, -0.1) is 0 Å². The van der Waals surface area contributed by atoms with Crippen LogP contribution in [0, 0.1) is 6.92 Å². The van der Waals surface area contributed by atoms with Crippen molar-refractivity contribution in [2.75, 3.05) is 0 Å². The second-order valence-corrected chi connectivity index (χ2v) is 2.02. The van der Waals surface area contributed by atoms with E-state index in [4.69, 9.17) is 0 Å². The van der Waals surface area contributed by atoms with Crippen molar-refractivity contribution in [3.05, 3.63) is 31.2 Å². The third-order valence-electron chi connectivity index (χ3n) is 1.17. The Morgan fingerprint density at radius 2 is 2.60 bits per heavy atom. The summed E-state index contributed by atoms with van der Waals surface area (Å²) in [6.07, 6.45) is 9.53. The zero-order valence-electron chi connectivity index (χ0n) is 5.88. The maximum absolute atomic E-state index is 4.03. The highest BCUT2D eigenvalue weighted by Gasteiger charge is 1.82. The van der Waals surface area contributed by atoms with E-state index in [0.29, 0.717) is 0 Å². The Balaban J connectivity index is 2.40. The first kappa shape index (κ1) is 7.06. The molecule has 0 bridgehead atoms. The van der Waals surface area contributed by atoms with Crippen molar-refractivity contribution in [3.8, 4) is 0 Å². The SMILES string of the molecule is [CH2]CCC=Cc1ncc[nH]1. The molecule has 0 aromatic carbocycles. The lowest BCUT2D eigenvalue weighted by atomic mass is 10.3. The van der Waals surface area contributed by atoms with Crippen LogP contribution in [0.25, 0.3) is 6.08 Å². The van der Waals surface area contributed by atoms with E-state index in [1.54, 1.807) is 6.20 Å². The molecule has 1 aromatic rings. The van der Waals surface area contributed by atoms with E-state index < -0.39 is 0 Å². The number of allylic oxidation sites excluding steroid dienone is 1. The topological polar surface area (TPSA) is 28.7 Å². The largest absolute Gasteiger partial charge is 0.345 e. The number of hydrogen-bond acceptors (Lipinski definition) is 1. The minimum Gasteiger partial charge on any atom is -0.345 e. The monoisotopic (exact) mass is 135 g/mol. The Labute approximate surface area is 61.0 Å². The van der Waals surface area contributed by atoms with Crippen molar-refractivity contribution >= 4 is 6.08 Å². The Bertz CT molecular complexity index is 187. The Morgan fingerprint density at radius 1 is 1.70 bits per heavy atom. The third-order valence-corrected chi connectivity index (χ3v) is 1.17. The molecule has 0 aliphatic carbocycles. The fourth-order valence-corrected chi connectivity index (χ4v) is 0.681. The first-order valence-corrected chi connectivity index (χ1v) is 3.38.